The minimum absolute atomic E-state index is 0.0395. The molecule has 1 saturated carbocycles. The number of thioether (sulfide) groups is 1. The van der Waals surface area contributed by atoms with Gasteiger partial charge in [0.05, 0.1) is 24.6 Å². The number of likely N-dealkylation sites (tertiary alicyclic amines) is 1. The lowest BCUT2D eigenvalue weighted by atomic mass is 9.84. The Morgan fingerprint density at radius 2 is 1.82 bits per heavy atom. The number of nitrogens with one attached hydrogen (secondary N) is 1. The molecule has 0 radical (unpaired) electrons. The highest BCUT2D eigenvalue weighted by atomic mass is 32.2. The standard InChI is InChI=1S/C26H22N4O2S/c27-13-18(14-28)25(32)26(33-19-6-2-1-3-7-19)12-23(31)30(16-17-10-11-17)24(26)21-15-29-22-9-5-4-8-20(21)22/h1-9,15,17-18,24,29H,10-12,16H2. The Balaban J connectivity index is 1.72. The van der Waals surface area contributed by atoms with Gasteiger partial charge in [0.15, 0.2) is 11.7 Å². The van der Waals surface area contributed by atoms with Crippen LogP contribution in [0.25, 0.3) is 10.9 Å². The highest BCUT2D eigenvalue weighted by Crippen LogP contribution is 2.55. The number of amides is 1. The zero-order valence-electron chi connectivity index (χ0n) is 17.9. The van der Waals surface area contributed by atoms with Gasteiger partial charge in [0.1, 0.15) is 4.75 Å². The average molecular weight is 455 g/mol. The first-order valence-electron chi connectivity index (χ1n) is 11.0. The third-order valence-electron chi connectivity index (χ3n) is 6.54. The summed E-state index contributed by atoms with van der Waals surface area (Å²) in [6.07, 6.45) is 3.96. The molecular weight excluding hydrogens is 432 g/mol. The van der Waals surface area contributed by atoms with Crippen LogP contribution in [-0.4, -0.2) is 32.9 Å². The molecule has 1 aromatic heterocycles. The van der Waals surface area contributed by atoms with Crippen LogP contribution >= 0.6 is 11.8 Å². The summed E-state index contributed by atoms with van der Waals surface area (Å²) in [5, 5.41) is 20.2. The largest absolute Gasteiger partial charge is 0.361 e. The van der Waals surface area contributed by atoms with E-state index >= 15 is 0 Å². The molecule has 1 amide bonds. The molecule has 0 bridgehead atoms. The molecule has 164 valence electrons. The molecule has 2 atom stereocenters. The second kappa shape index (κ2) is 8.42. The Labute approximate surface area is 196 Å². The van der Waals surface area contributed by atoms with Crippen molar-refractivity contribution in [2.75, 3.05) is 6.54 Å². The summed E-state index contributed by atoms with van der Waals surface area (Å²) in [6, 6.07) is 20.4. The monoisotopic (exact) mass is 454 g/mol. The van der Waals surface area contributed by atoms with Gasteiger partial charge in [-0.15, -0.1) is 11.8 Å². The normalized spacial score (nSPS) is 22.5. The van der Waals surface area contributed by atoms with Gasteiger partial charge < -0.3 is 9.88 Å². The van der Waals surface area contributed by atoms with E-state index in [0.717, 1.165) is 34.2 Å². The summed E-state index contributed by atoms with van der Waals surface area (Å²) < 4.78 is -1.28. The van der Waals surface area contributed by atoms with E-state index in [0.29, 0.717) is 12.5 Å². The van der Waals surface area contributed by atoms with E-state index in [2.05, 4.69) is 4.98 Å². The molecule has 33 heavy (non-hydrogen) atoms. The minimum atomic E-state index is -1.44. The molecule has 2 unspecified atom stereocenters. The Morgan fingerprint density at radius 3 is 2.52 bits per heavy atom. The minimum Gasteiger partial charge on any atom is -0.361 e. The van der Waals surface area contributed by atoms with Crippen LogP contribution in [0.2, 0.25) is 0 Å². The quantitative estimate of drug-likeness (QED) is 0.562. The predicted octanol–water partition coefficient (Wildman–Crippen LogP) is 4.61. The first-order chi connectivity index (χ1) is 16.1. The van der Waals surface area contributed by atoms with Crippen molar-refractivity contribution in [3.8, 4) is 12.1 Å². The average Bonchev–Trinajstić information content (AvgIpc) is 3.50. The van der Waals surface area contributed by atoms with E-state index in [1.165, 1.54) is 11.8 Å². The number of H-pyrrole nitrogens is 1. The van der Waals surface area contributed by atoms with Gasteiger partial charge in [0, 0.05) is 34.1 Å². The van der Waals surface area contributed by atoms with Crippen molar-refractivity contribution in [2.24, 2.45) is 11.8 Å². The molecule has 2 aromatic carbocycles. The molecule has 1 saturated heterocycles. The summed E-state index contributed by atoms with van der Waals surface area (Å²) in [5.74, 6) is -1.62. The maximum atomic E-state index is 13.9. The Hall–Kier alpha value is -3.55. The van der Waals surface area contributed by atoms with E-state index < -0.39 is 22.5 Å². The van der Waals surface area contributed by atoms with Gasteiger partial charge in [0.25, 0.3) is 0 Å². The topological polar surface area (TPSA) is 101 Å². The molecule has 1 aliphatic carbocycles. The van der Waals surface area contributed by atoms with E-state index in [9.17, 15) is 20.1 Å². The number of rotatable bonds is 7. The molecule has 2 aliphatic rings. The van der Waals surface area contributed by atoms with Gasteiger partial charge in [-0.05, 0) is 37.0 Å². The molecule has 2 heterocycles. The predicted molar refractivity (Wildman–Crippen MR) is 125 cm³/mol. The Morgan fingerprint density at radius 1 is 1.12 bits per heavy atom. The lowest BCUT2D eigenvalue weighted by Crippen LogP contribution is -2.44. The maximum Gasteiger partial charge on any atom is 0.225 e. The number of benzene rings is 2. The number of nitrogens with zero attached hydrogens (tertiary/aromatic N) is 3. The van der Waals surface area contributed by atoms with Gasteiger partial charge in [-0.3, -0.25) is 9.59 Å². The Bertz CT molecular complexity index is 1290. The third-order valence-corrected chi connectivity index (χ3v) is 7.98. The summed E-state index contributed by atoms with van der Waals surface area (Å²) in [7, 11) is 0. The summed E-state index contributed by atoms with van der Waals surface area (Å²) in [6.45, 7) is 0.581. The van der Waals surface area contributed by atoms with Gasteiger partial charge >= 0.3 is 0 Å². The van der Waals surface area contributed by atoms with Crippen molar-refractivity contribution in [3.63, 3.8) is 0 Å². The van der Waals surface area contributed by atoms with Gasteiger partial charge in [0.2, 0.25) is 5.91 Å². The van der Waals surface area contributed by atoms with Gasteiger partial charge in [-0.2, -0.15) is 10.5 Å². The number of ketones is 1. The summed E-state index contributed by atoms with van der Waals surface area (Å²) in [4.78, 5) is 33.3. The van der Waals surface area contributed by atoms with Gasteiger partial charge in [-0.25, -0.2) is 0 Å². The number of fused-ring (bicyclic) bond motifs is 1. The number of hydrogen-bond donors (Lipinski definition) is 1. The van der Waals surface area contributed by atoms with Crippen molar-refractivity contribution in [2.45, 2.75) is 34.9 Å². The van der Waals surface area contributed by atoms with Crippen LogP contribution in [-0.2, 0) is 9.59 Å². The molecule has 2 fully saturated rings. The van der Waals surface area contributed by atoms with Crippen LogP contribution in [0.1, 0.15) is 30.9 Å². The van der Waals surface area contributed by atoms with Crippen molar-refractivity contribution < 1.29 is 9.59 Å². The molecule has 0 spiro atoms. The molecule has 6 nitrogen and oxygen atoms in total. The van der Waals surface area contributed by atoms with E-state index in [4.69, 9.17) is 0 Å². The number of carbonyl (C=O) groups is 2. The van der Waals surface area contributed by atoms with Crippen molar-refractivity contribution in [1.29, 1.82) is 10.5 Å². The molecule has 1 aliphatic heterocycles. The van der Waals surface area contributed by atoms with E-state index in [-0.39, 0.29) is 12.3 Å². The second-order valence-electron chi connectivity index (χ2n) is 8.72. The van der Waals surface area contributed by atoms with Crippen LogP contribution in [0.3, 0.4) is 0 Å². The van der Waals surface area contributed by atoms with E-state index in [1.807, 2.05) is 77.8 Å². The van der Waals surface area contributed by atoms with E-state index in [1.54, 1.807) is 0 Å². The summed E-state index contributed by atoms with van der Waals surface area (Å²) in [5.41, 5.74) is 1.77. The number of hydrogen-bond acceptors (Lipinski definition) is 5. The summed E-state index contributed by atoms with van der Waals surface area (Å²) >= 11 is 1.31. The fourth-order valence-electron chi connectivity index (χ4n) is 4.80. The van der Waals surface area contributed by atoms with Crippen LogP contribution in [0.4, 0.5) is 0 Å². The number of nitriles is 2. The van der Waals surface area contributed by atoms with Gasteiger partial charge in [-0.1, -0.05) is 36.4 Å². The van der Waals surface area contributed by atoms with Crippen molar-refractivity contribution in [1.82, 2.24) is 9.88 Å². The number of carbonyl (C=O) groups excluding carboxylic acids is 2. The number of aromatic amines is 1. The zero-order valence-corrected chi connectivity index (χ0v) is 18.7. The smallest absolute Gasteiger partial charge is 0.225 e. The second-order valence-corrected chi connectivity index (χ2v) is 10.1. The zero-order chi connectivity index (χ0) is 23.0. The SMILES string of the molecule is N#CC(C#N)C(=O)C1(Sc2ccccc2)CC(=O)N(CC2CC2)C1c1c[nH]c2ccccc12. The molecule has 3 aromatic rings. The lowest BCUT2D eigenvalue weighted by Gasteiger charge is -2.36. The Kier molecular flexibility index (Phi) is 5.44. The number of para-hydroxylation sites is 1. The highest BCUT2D eigenvalue weighted by molar-refractivity contribution is 8.01. The van der Waals surface area contributed by atoms with Crippen molar-refractivity contribution >= 4 is 34.4 Å². The maximum absolute atomic E-state index is 13.9. The first kappa shape index (κ1) is 21.3. The highest BCUT2D eigenvalue weighted by Gasteiger charge is 2.60. The lowest BCUT2D eigenvalue weighted by molar-refractivity contribution is -0.129. The number of aromatic nitrogens is 1. The first-order valence-corrected chi connectivity index (χ1v) is 11.8. The molecule has 1 N–H and O–H groups in total. The fourth-order valence-corrected chi connectivity index (χ4v) is 6.29. The number of Topliss-reactive ketones (excluding diaryl/α,β-unsaturated/α-hetero) is 1. The molecule has 5 rings (SSSR count). The van der Waals surface area contributed by atoms with Crippen molar-refractivity contribution in [3.05, 3.63) is 66.4 Å². The third kappa shape index (κ3) is 3.69. The molecular formula is C26H22N4O2S. The molecule has 7 heteroatoms. The fraction of sp³-hybridized carbons (Fsp3) is 0.308. The van der Waals surface area contributed by atoms with Crippen LogP contribution in [0.15, 0.2) is 65.7 Å². The van der Waals surface area contributed by atoms with Crippen LogP contribution in [0, 0.1) is 34.5 Å². The van der Waals surface area contributed by atoms with Crippen LogP contribution < -0.4 is 0 Å². The van der Waals surface area contributed by atoms with Crippen LogP contribution in [0.5, 0.6) is 0 Å².